The summed E-state index contributed by atoms with van der Waals surface area (Å²) in [6.07, 6.45) is 4.77. The first-order valence-corrected chi connectivity index (χ1v) is 8.77. The molecule has 0 aromatic heterocycles. The van der Waals surface area contributed by atoms with Crippen molar-refractivity contribution in [1.29, 1.82) is 0 Å². The number of hydrogen-bond donors (Lipinski definition) is 1. The number of fused-ring (bicyclic) bond motifs is 1. The van der Waals surface area contributed by atoms with Gasteiger partial charge in [-0.05, 0) is 66.5 Å². The van der Waals surface area contributed by atoms with Gasteiger partial charge in [-0.2, -0.15) is 0 Å². The molecule has 0 radical (unpaired) electrons. The van der Waals surface area contributed by atoms with Crippen LogP contribution in [0.5, 0.6) is 5.75 Å². The zero-order valence-corrected chi connectivity index (χ0v) is 14.5. The molecule has 0 fully saturated rings. The Kier molecular flexibility index (Phi) is 5.19. The van der Waals surface area contributed by atoms with Gasteiger partial charge < -0.3 is 10.1 Å². The maximum absolute atomic E-state index is 12.2. The highest BCUT2D eigenvalue weighted by Gasteiger charge is 2.12. The third-order valence-electron chi connectivity index (χ3n) is 4.55. The number of ether oxygens (including phenoxy) is 1. The monoisotopic (exact) mass is 323 g/mol. The summed E-state index contributed by atoms with van der Waals surface area (Å²) in [5.41, 5.74) is 4.79. The van der Waals surface area contributed by atoms with Crippen LogP contribution in [-0.2, 0) is 17.6 Å². The van der Waals surface area contributed by atoms with Gasteiger partial charge in [0.2, 0.25) is 0 Å². The van der Waals surface area contributed by atoms with Crippen molar-refractivity contribution in [3.8, 4) is 5.75 Å². The average molecular weight is 323 g/mol. The summed E-state index contributed by atoms with van der Waals surface area (Å²) in [4.78, 5) is 12.2. The fourth-order valence-electron chi connectivity index (χ4n) is 3.25. The Morgan fingerprint density at radius 3 is 2.62 bits per heavy atom. The van der Waals surface area contributed by atoms with Gasteiger partial charge in [0.25, 0.3) is 5.91 Å². The minimum atomic E-state index is -0.124. The molecule has 0 aliphatic heterocycles. The maximum Gasteiger partial charge on any atom is 0.262 e. The molecule has 1 aliphatic rings. The molecule has 0 unspecified atom stereocenters. The van der Waals surface area contributed by atoms with Gasteiger partial charge in [0, 0.05) is 5.69 Å². The number of nitrogens with one attached hydrogen (secondary N) is 1. The van der Waals surface area contributed by atoms with Crippen molar-refractivity contribution >= 4 is 11.6 Å². The summed E-state index contributed by atoms with van der Waals surface area (Å²) in [6.45, 7) is 4.27. The lowest BCUT2D eigenvalue weighted by Crippen LogP contribution is -2.21. The van der Waals surface area contributed by atoms with Crippen LogP contribution in [0.25, 0.3) is 0 Å². The maximum atomic E-state index is 12.2. The number of carbonyl (C=O) groups is 1. The highest BCUT2D eigenvalue weighted by atomic mass is 16.5. The minimum Gasteiger partial charge on any atom is -0.484 e. The molecule has 1 N–H and O–H groups in total. The smallest absolute Gasteiger partial charge is 0.262 e. The van der Waals surface area contributed by atoms with Gasteiger partial charge in [0.05, 0.1) is 0 Å². The van der Waals surface area contributed by atoms with Crippen LogP contribution in [0.2, 0.25) is 0 Å². The van der Waals surface area contributed by atoms with E-state index in [9.17, 15) is 4.79 Å². The van der Waals surface area contributed by atoms with Crippen LogP contribution in [0.1, 0.15) is 49.3 Å². The lowest BCUT2D eigenvalue weighted by atomic mass is 9.92. The summed E-state index contributed by atoms with van der Waals surface area (Å²) < 4.78 is 5.69. The van der Waals surface area contributed by atoms with E-state index in [0.717, 1.165) is 29.8 Å². The second-order valence-corrected chi connectivity index (χ2v) is 6.72. The van der Waals surface area contributed by atoms with Crippen LogP contribution in [0.4, 0.5) is 5.69 Å². The van der Waals surface area contributed by atoms with Crippen LogP contribution in [0.3, 0.4) is 0 Å². The quantitative estimate of drug-likeness (QED) is 0.865. The molecule has 126 valence electrons. The lowest BCUT2D eigenvalue weighted by molar-refractivity contribution is -0.118. The number of aryl methyl sites for hydroxylation is 2. The summed E-state index contributed by atoms with van der Waals surface area (Å²) >= 11 is 0. The molecular formula is C21H25NO2. The molecule has 0 saturated heterocycles. The zero-order chi connectivity index (χ0) is 16.9. The zero-order valence-electron chi connectivity index (χ0n) is 14.5. The first-order valence-electron chi connectivity index (χ1n) is 8.77. The third kappa shape index (κ3) is 3.97. The molecule has 1 aliphatic carbocycles. The fraction of sp³-hybridized carbons (Fsp3) is 0.381. The Labute approximate surface area is 144 Å². The highest BCUT2D eigenvalue weighted by molar-refractivity contribution is 5.92. The van der Waals surface area contributed by atoms with E-state index in [1.165, 1.54) is 24.0 Å². The number of hydrogen-bond acceptors (Lipinski definition) is 2. The molecule has 0 bridgehead atoms. The molecular weight excluding hydrogens is 298 g/mol. The van der Waals surface area contributed by atoms with E-state index in [0.29, 0.717) is 5.92 Å². The molecule has 3 heteroatoms. The van der Waals surface area contributed by atoms with Crippen molar-refractivity contribution in [3.05, 3.63) is 59.2 Å². The molecule has 0 heterocycles. The molecule has 0 saturated carbocycles. The molecule has 3 rings (SSSR count). The summed E-state index contributed by atoms with van der Waals surface area (Å²) in [5, 5.41) is 2.96. The Balaban J connectivity index is 1.60. The van der Waals surface area contributed by atoms with Crippen molar-refractivity contribution in [2.24, 2.45) is 0 Å². The van der Waals surface area contributed by atoms with Crippen LogP contribution in [-0.4, -0.2) is 12.5 Å². The molecule has 1 amide bonds. The predicted molar refractivity (Wildman–Crippen MR) is 97.7 cm³/mol. The van der Waals surface area contributed by atoms with Gasteiger partial charge in [0.15, 0.2) is 6.61 Å². The third-order valence-corrected chi connectivity index (χ3v) is 4.55. The minimum absolute atomic E-state index is 0.0330. The Morgan fingerprint density at radius 2 is 1.83 bits per heavy atom. The number of amides is 1. The number of para-hydroxylation sites is 1. The number of benzene rings is 2. The first-order chi connectivity index (χ1) is 11.6. The van der Waals surface area contributed by atoms with Crippen LogP contribution in [0.15, 0.2) is 42.5 Å². The summed E-state index contributed by atoms with van der Waals surface area (Å²) in [6, 6.07) is 14.1. The SMILES string of the molecule is CC(C)c1ccccc1NC(=O)COc1ccc2c(c1)CCCC2. The van der Waals surface area contributed by atoms with E-state index in [-0.39, 0.29) is 12.5 Å². The molecule has 0 atom stereocenters. The standard InChI is InChI=1S/C21H25NO2/c1-15(2)19-9-5-6-10-20(19)22-21(23)14-24-18-12-11-16-7-3-4-8-17(16)13-18/h5-6,9-13,15H,3-4,7-8,14H2,1-2H3,(H,22,23). The molecule has 0 spiro atoms. The average Bonchev–Trinajstić information content (AvgIpc) is 2.60. The van der Waals surface area contributed by atoms with Crippen LogP contribution in [0, 0.1) is 0 Å². The lowest BCUT2D eigenvalue weighted by Gasteiger charge is -2.17. The van der Waals surface area contributed by atoms with E-state index >= 15 is 0 Å². The van der Waals surface area contributed by atoms with Gasteiger partial charge in [-0.1, -0.05) is 38.1 Å². The van der Waals surface area contributed by atoms with E-state index < -0.39 is 0 Å². The van der Waals surface area contributed by atoms with Crippen molar-refractivity contribution in [2.75, 3.05) is 11.9 Å². The second-order valence-electron chi connectivity index (χ2n) is 6.72. The van der Waals surface area contributed by atoms with E-state index in [2.05, 4.69) is 31.3 Å². The predicted octanol–water partition coefficient (Wildman–Crippen LogP) is 4.71. The number of rotatable bonds is 5. The normalized spacial score (nSPS) is 13.5. The highest BCUT2D eigenvalue weighted by Crippen LogP contribution is 2.26. The number of anilines is 1. The summed E-state index contributed by atoms with van der Waals surface area (Å²) in [7, 11) is 0. The van der Waals surface area contributed by atoms with Crippen molar-refractivity contribution in [1.82, 2.24) is 0 Å². The van der Waals surface area contributed by atoms with Crippen molar-refractivity contribution < 1.29 is 9.53 Å². The van der Waals surface area contributed by atoms with Gasteiger partial charge in [-0.3, -0.25) is 4.79 Å². The second kappa shape index (κ2) is 7.52. The largest absolute Gasteiger partial charge is 0.484 e. The molecule has 3 nitrogen and oxygen atoms in total. The van der Waals surface area contributed by atoms with Crippen LogP contribution >= 0.6 is 0 Å². The topological polar surface area (TPSA) is 38.3 Å². The number of carbonyl (C=O) groups excluding carboxylic acids is 1. The van der Waals surface area contributed by atoms with Crippen molar-refractivity contribution in [3.63, 3.8) is 0 Å². The van der Waals surface area contributed by atoms with Gasteiger partial charge in [0.1, 0.15) is 5.75 Å². The molecule has 24 heavy (non-hydrogen) atoms. The van der Waals surface area contributed by atoms with E-state index in [4.69, 9.17) is 4.74 Å². The van der Waals surface area contributed by atoms with Gasteiger partial charge in [-0.15, -0.1) is 0 Å². The van der Waals surface area contributed by atoms with Gasteiger partial charge in [-0.25, -0.2) is 0 Å². The van der Waals surface area contributed by atoms with E-state index in [1.807, 2.05) is 30.3 Å². The molecule has 2 aromatic carbocycles. The van der Waals surface area contributed by atoms with Crippen LogP contribution < -0.4 is 10.1 Å². The summed E-state index contributed by atoms with van der Waals surface area (Å²) in [5.74, 6) is 1.02. The molecule has 2 aromatic rings. The Hall–Kier alpha value is -2.29. The first kappa shape index (κ1) is 16.6. The fourth-order valence-corrected chi connectivity index (χ4v) is 3.25. The van der Waals surface area contributed by atoms with Crippen molar-refractivity contribution in [2.45, 2.75) is 45.4 Å². The van der Waals surface area contributed by atoms with Gasteiger partial charge >= 0.3 is 0 Å². The van der Waals surface area contributed by atoms with E-state index in [1.54, 1.807) is 0 Å². The Bertz CT molecular complexity index is 722. The Morgan fingerprint density at radius 1 is 1.08 bits per heavy atom.